The highest BCUT2D eigenvalue weighted by molar-refractivity contribution is 14.1. The van der Waals surface area contributed by atoms with Crippen LogP contribution in [0.25, 0.3) is 0 Å². The Labute approximate surface area is 189 Å². The molecule has 4 rings (SSSR count). The lowest BCUT2D eigenvalue weighted by Gasteiger charge is -2.41. The highest BCUT2D eigenvalue weighted by Gasteiger charge is 2.59. The number of halogens is 1. The van der Waals surface area contributed by atoms with Crippen molar-refractivity contribution in [3.05, 3.63) is 57.2 Å². The molecule has 0 spiro atoms. The number of nitrogens with one attached hydrogen (secondary N) is 1. The van der Waals surface area contributed by atoms with Gasteiger partial charge in [0, 0.05) is 41.0 Å². The predicted molar refractivity (Wildman–Crippen MR) is 121 cm³/mol. The summed E-state index contributed by atoms with van der Waals surface area (Å²) in [7, 11) is 4.94. The smallest absolute Gasteiger partial charge is 0.254 e. The van der Waals surface area contributed by atoms with Crippen molar-refractivity contribution in [3.8, 4) is 5.75 Å². The fourth-order valence-electron chi connectivity index (χ4n) is 4.63. The van der Waals surface area contributed by atoms with E-state index in [4.69, 9.17) is 4.74 Å². The van der Waals surface area contributed by atoms with Gasteiger partial charge in [0.2, 0.25) is 5.91 Å². The number of benzene rings is 2. The zero-order valence-electron chi connectivity index (χ0n) is 17.1. The molecule has 158 valence electrons. The maximum absolute atomic E-state index is 13.7. The first kappa shape index (κ1) is 21.1. The van der Waals surface area contributed by atoms with E-state index in [0.29, 0.717) is 17.0 Å². The van der Waals surface area contributed by atoms with Gasteiger partial charge in [-0.1, -0.05) is 18.2 Å². The van der Waals surface area contributed by atoms with Crippen molar-refractivity contribution in [1.29, 1.82) is 0 Å². The summed E-state index contributed by atoms with van der Waals surface area (Å²) in [4.78, 5) is 30.2. The molecule has 1 fully saturated rings. The molecule has 30 heavy (non-hydrogen) atoms. The highest BCUT2D eigenvalue weighted by Crippen LogP contribution is 2.51. The maximum Gasteiger partial charge on any atom is 0.254 e. The first-order valence-corrected chi connectivity index (χ1v) is 10.8. The Morgan fingerprint density at radius 1 is 1.27 bits per heavy atom. The molecule has 0 saturated carbocycles. The molecule has 3 unspecified atom stereocenters. The second-order valence-electron chi connectivity index (χ2n) is 7.85. The van der Waals surface area contributed by atoms with Crippen LogP contribution in [0.5, 0.6) is 5.75 Å². The Kier molecular flexibility index (Phi) is 5.50. The second kappa shape index (κ2) is 7.82. The number of aliphatic hydroxyl groups is 1. The summed E-state index contributed by atoms with van der Waals surface area (Å²) in [5, 5.41) is 13.6. The molecular formula is C22H24IN3O4. The Bertz CT molecular complexity index is 1010. The summed E-state index contributed by atoms with van der Waals surface area (Å²) in [5.74, 6) is 0.152. The Hall–Kier alpha value is -2.17. The van der Waals surface area contributed by atoms with Crippen molar-refractivity contribution in [1.82, 2.24) is 9.80 Å². The first-order valence-electron chi connectivity index (χ1n) is 9.71. The number of rotatable bonds is 4. The summed E-state index contributed by atoms with van der Waals surface area (Å²) in [6, 6.07) is 12.5. The van der Waals surface area contributed by atoms with Crippen LogP contribution in [0.15, 0.2) is 42.5 Å². The van der Waals surface area contributed by atoms with E-state index in [0.717, 1.165) is 9.13 Å². The van der Waals surface area contributed by atoms with Crippen molar-refractivity contribution in [2.24, 2.45) is 0 Å². The second-order valence-corrected chi connectivity index (χ2v) is 9.09. The number of para-hydroxylation sites is 1. The van der Waals surface area contributed by atoms with Crippen LogP contribution in [0.3, 0.4) is 0 Å². The molecule has 2 heterocycles. The zero-order chi connectivity index (χ0) is 21.6. The molecule has 2 aromatic carbocycles. The number of methoxy groups -OCH3 is 1. The molecule has 2 aromatic rings. The SMILES string of the molecule is COc1ccccc1C1(N2CC(O)CC2C(=O)N(C)C)C(=O)Nc2ccc(I)cc21. The van der Waals surface area contributed by atoms with Crippen LogP contribution < -0.4 is 10.1 Å². The summed E-state index contributed by atoms with van der Waals surface area (Å²) in [6.45, 7) is 0.195. The van der Waals surface area contributed by atoms with Crippen molar-refractivity contribution in [3.63, 3.8) is 0 Å². The third-order valence-electron chi connectivity index (χ3n) is 5.88. The van der Waals surface area contributed by atoms with Gasteiger partial charge < -0.3 is 20.1 Å². The highest BCUT2D eigenvalue weighted by atomic mass is 127. The number of hydrogen-bond acceptors (Lipinski definition) is 5. The van der Waals surface area contributed by atoms with Gasteiger partial charge in [-0.2, -0.15) is 0 Å². The Morgan fingerprint density at radius 2 is 2.00 bits per heavy atom. The minimum atomic E-state index is -1.29. The number of carbonyl (C=O) groups is 2. The van der Waals surface area contributed by atoms with Crippen molar-refractivity contribution in [2.45, 2.75) is 24.1 Å². The molecule has 0 aliphatic carbocycles. The first-order chi connectivity index (χ1) is 14.3. The van der Waals surface area contributed by atoms with Gasteiger partial charge in [0.25, 0.3) is 5.91 Å². The van der Waals surface area contributed by atoms with Crippen LogP contribution in [0.2, 0.25) is 0 Å². The van der Waals surface area contributed by atoms with Crippen molar-refractivity contribution < 1.29 is 19.4 Å². The topological polar surface area (TPSA) is 82.1 Å². The quantitative estimate of drug-likeness (QED) is 0.602. The number of aliphatic hydroxyl groups excluding tert-OH is 1. The number of anilines is 1. The average Bonchev–Trinajstić information content (AvgIpc) is 3.24. The Morgan fingerprint density at radius 3 is 2.70 bits per heavy atom. The number of fused-ring (bicyclic) bond motifs is 1. The predicted octanol–water partition coefficient (Wildman–Crippen LogP) is 2.02. The fourth-order valence-corrected chi connectivity index (χ4v) is 5.12. The van der Waals surface area contributed by atoms with Crippen LogP contribution in [0.4, 0.5) is 5.69 Å². The van der Waals surface area contributed by atoms with E-state index >= 15 is 0 Å². The minimum Gasteiger partial charge on any atom is -0.496 e. The third kappa shape index (κ3) is 3.09. The monoisotopic (exact) mass is 521 g/mol. The number of amides is 2. The molecule has 2 aliphatic rings. The van der Waals surface area contributed by atoms with E-state index < -0.39 is 17.7 Å². The molecule has 7 nitrogen and oxygen atoms in total. The number of carbonyl (C=O) groups excluding carboxylic acids is 2. The zero-order valence-corrected chi connectivity index (χ0v) is 19.2. The van der Waals surface area contributed by atoms with Gasteiger partial charge in [0.15, 0.2) is 5.54 Å². The normalized spacial score (nSPS) is 25.7. The van der Waals surface area contributed by atoms with E-state index in [-0.39, 0.29) is 24.8 Å². The van der Waals surface area contributed by atoms with Gasteiger partial charge in [0.05, 0.1) is 19.3 Å². The number of β-amino-alcohol motifs (C(OH)–C–C–N with tert-alkyl or cyclic N) is 1. The van der Waals surface area contributed by atoms with Gasteiger partial charge >= 0.3 is 0 Å². The standard InChI is InChI=1S/C22H24IN3O4/c1-25(2)20(28)18-11-14(27)12-26(18)22(15-6-4-5-7-19(15)30-3)16-10-13(23)8-9-17(16)24-21(22)29/h4-10,14,18,27H,11-12H2,1-3H3,(H,24,29). The van der Waals surface area contributed by atoms with Gasteiger partial charge in [0.1, 0.15) is 5.75 Å². The van der Waals surface area contributed by atoms with Crippen LogP contribution in [0, 0.1) is 3.57 Å². The lowest BCUT2D eigenvalue weighted by Crippen LogP contribution is -2.57. The van der Waals surface area contributed by atoms with E-state index in [9.17, 15) is 14.7 Å². The average molecular weight is 521 g/mol. The summed E-state index contributed by atoms with van der Waals surface area (Å²) in [6.07, 6.45) is -0.453. The van der Waals surface area contributed by atoms with Crippen LogP contribution in [-0.4, -0.2) is 66.6 Å². The largest absolute Gasteiger partial charge is 0.496 e. The lowest BCUT2D eigenvalue weighted by molar-refractivity contribution is -0.138. The number of likely N-dealkylation sites (tertiary alicyclic amines) is 1. The van der Waals surface area contributed by atoms with Crippen LogP contribution >= 0.6 is 22.6 Å². The molecule has 3 atom stereocenters. The van der Waals surface area contributed by atoms with E-state index in [1.165, 1.54) is 4.90 Å². The summed E-state index contributed by atoms with van der Waals surface area (Å²) >= 11 is 2.22. The van der Waals surface area contributed by atoms with Crippen molar-refractivity contribution in [2.75, 3.05) is 33.1 Å². The summed E-state index contributed by atoms with van der Waals surface area (Å²) in [5.41, 5.74) is 0.812. The van der Waals surface area contributed by atoms with E-state index in [1.807, 2.05) is 47.4 Å². The van der Waals surface area contributed by atoms with Crippen LogP contribution in [0.1, 0.15) is 17.5 Å². The number of nitrogens with zero attached hydrogens (tertiary/aromatic N) is 2. The van der Waals surface area contributed by atoms with E-state index in [2.05, 4.69) is 27.9 Å². The number of ether oxygens (including phenoxy) is 1. The van der Waals surface area contributed by atoms with Gasteiger partial charge in [-0.15, -0.1) is 0 Å². The molecule has 8 heteroatoms. The number of likely N-dealkylation sites (N-methyl/N-ethyl adjacent to an activating group) is 1. The molecule has 0 bridgehead atoms. The minimum absolute atomic E-state index is 0.146. The third-order valence-corrected chi connectivity index (χ3v) is 6.55. The van der Waals surface area contributed by atoms with Crippen molar-refractivity contribution >= 4 is 40.1 Å². The molecule has 2 aliphatic heterocycles. The number of hydrogen-bond donors (Lipinski definition) is 2. The molecule has 2 amide bonds. The van der Waals surface area contributed by atoms with Gasteiger partial charge in [-0.3, -0.25) is 14.5 Å². The molecule has 0 aromatic heterocycles. The van der Waals surface area contributed by atoms with E-state index in [1.54, 1.807) is 21.2 Å². The molecular weight excluding hydrogens is 497 g/mol. The fraction of sp³-hybridized carbons (Fsp3) is 0.364. The van der Waals surface area contributed by atoms with Gasteiger partial charge in [-0.05, 0) is 53.3 Å². The summed E-state index contributed by atoms with van der Waals surface area (Å²) < 4.78 is 6.61. The van der Waals surface area contributed by atoms with Gasteiger partial charge in [-0.25, -0.2) is 0 Å². The maximum atomic E-state index is 13.7. The Balaban J connectivity index is 2.03. The molecule has 2 N–H and O–H groups in total. The van der Waals surface area contributed by atoms with Crippen LogP contribution in [-0.2, 0) is 15.1 Å². The lowest BCUT2D eigenvalue weighted by atomic mass is 9.80. The molecule has 1 saturated heterocycles. The molecule has 0 radical (unpaired) electrons.